The smallest absolute Gasteiger partial charge is 0.326 e. The SMILES string of the molecule is CCNC1(C(=O)OCC)CCCC(N(C)CC2CC2C)C1. The summed E-state index contributed by atoms with van der Waals surface area (Å²) in [4.78, 5) is 14.9. The lowest BCUT2D eigenvalue weighted by Crippen LogP contribution is -2.58. The lowest BCUT2D eigenvalue weighted by molar-refractivity contribution is -0.153. The van der Waals surface area contributed by atoms with E-state index in [1.165, 1.54) is 19.4 Å². The van der Waals surface area contributed by atoms with Crippen LogP contribution in [-0.4, -0.2) is 49.2 Å². The molecule has 2 aliphatic rings. The number of hydrogen-bond acceptors (Lipinski definition) is 4. The molecule has 0 bridgehead atoms. The van der Waals surface area contributed by atoms with Gasteiger partial charge in [-0.05, 0) is 64.5 Å². The fraction of sp³-hybridized carbons (Fsp3) is 0.941. The number of carbonyl (C=O) groups is 1. The molecule has 122 valence electrons. The maximum Gasteiger partial charge on any atom is 0.326 e. The Labute approximate surface area is 129 Å². The van der Waals surface area contributed by atoms with E-state index in [2.05, 4.69) is 31.1 Å². The molecule has 2 aliphatic carbocycles. The summed E-state index contributed by atoms with van der Waals surface area (Å²) in [6.45, 7) is 8.75. The highest BCUT2D eigenvalue weighted by Gasteiger charge is 2.45. The normalized spacial score (nSPS) is 35.8. The molecular weight excluding hydrogens is 264 g/mol. The second-order valence-corrected chi connectivity index (χ2v) is 7.00. The van der Waals surface area contributed by atoms with E-state index < -0.39 is 5.54 Å². The summed E-state index contributed by atoms with van der Waals surface area (Å²) in [5.74, 6) is 1.71. The summed E-state index contributed by atoms with van der Waals surface area (Å²) in [7, 11) is 2.23. The molecule has 2 fully saturated rings. The lowest BCUT2D eigenvalue weighted by Gasteiger charge is -2.42. The quantitative estimate of drug-likeness (QED) is 0.733. The first-order valence-electron chi connectivity index (χ1n) is 8.65. The van der Waals surface area contributed by atoms with E-state index in [0.717, 1.165) is 37.6 Å². The molecule has 0 aliphatic heterocycles. The van der Waals surface area contributed by atoms with Crippen molar-refractivity contribution < 1.29 is 9.53 Å². The summed E-state index contributed by atoms with van der Waals surface area (Å²) in [5, 5.41) is 3.44. The Balaban J connectivity index is 1.99. The molecule has 2 saturated carbocycles. The Morgan fingerprint density at radius 1 is 1.43 bits per heavy atom. The average molecular weight is 296 g/mol. The van der Waals surface area contributed by atoms with Crippen molar-refractivity contribution in [1.29, 1.82) is 0 Å². The van der Waals surface area contributed by atoms with Crippen LogP contribution in [0.25, 0.3) is 0 Å². The average Bonchev–Trinajstić information content (AvgIpc) is 3.15. The Morgan fingerprint density at radius 3 is 2.71 bits per heavy atom. The summed E-state index contributed by atoms with van der Waals surface area (Å²) in [6.07, 6.45) is 5.46. The molecule has 2 rings (SSSR count). The van der Waals surface area contributed by atoms with Gasteiger partial charge in [-0.15, -0.1) is 0 Å². The molecule has 1 N–H and O–H groups in total. The van der Waals surface area contributed by atoms with Gasteiger partial charge in [0.15, 0.2) is 0 Å². The van der Waals surface area contributed by atoms with E-state index in [0.29, 0.717) is 12.6 Å². The molecule has 0 aromatic rings. The van der Waals surface area contributed by atoms with Crippen LogP contribution in [0.4, 0.5) is 0 Å². The van der Waals surface area contributed by atoms with Crippen LogP contribution in [0.1, 0.15) is 52.9 Å². The van der Waals surface area contributed by atoms with Crippen LogP contribution in [-0.2, 0) is 9.53 Å². The van der Waals surface area contributed by atoms with Crippen molar-refractivity contribution in [1.82, 2.24) is 10.2 Å². The van der Waals surface area contributed by atoms with Crippen molar-refractivity contribution in [2.45, 2.75) is 64.5 Å². The number of likely N-dealkylation sites (N-methyl/N-ethyl adjacent to an activating group) is 1. The van der Waals surface area contributed by atoms with Crippen LogP contribution in [0, 0.1) is 11.8 Å². The van der Waals surface area contributed by atoms with E-state index >= 15 is 0 Å². The van der Waals surface area contributed by atoms with Crippen LogP contribution in [0.5, 0.6) is 0 Å². The largest absolute Gasteiger partial charge is 0.465 e. The van der Waals surface area contributed by atoms with Crippen LogP contribution in [0.3, 0.4) is 0 Å². The molecule has 0 saturated heterocycles. The molecule has 0 heterocycles. The predicted octanol–water partition coefficient (Wildman–Crippen LogP) is 2.43. The molecule has 0 spiro atoms. The van der Waals surface area contributed by atoms with Gasteiger partial charge in [0.2, 0.25) is 0 Å². The molecule has 0 aromatic carbocycles. The maximum atomic E-state index is 12.5. The fourth-order valence-electron chi connectivity index (χ4n) is 3.82. The van der Waals surface area contributed by atoms with Crippen LogP contribution < -0.4 is 5.32 Å². The third-order valence-electron chi connectivity index (χ3n) is 5.33. The van der Waals surface area contributed by atoms with Gasteiger partial charge < -0.3 is 15.0 Å². The first-order valence-corrected chi connectivity index (χ1v) is 8.65. The molecule has 4 nitrogen and oxygen atoms in total. The topological polar surface area (TPSA) is 41.6 Å². The molecule has 0 aromatic heterocycles. The standard InChI is InChI=1S/C17H32N2O2/c1-5-18-17(16(20)21-6-2)9-7-8-15(11-17)19(4)12-14-10-13(14)3/h13-15,18H,5-12H2,1-4H3. The molecule has 0 radical (unpaired) electrons. The van der Waals surface area contributed by atoms with Crippen LogP contribution >= 0.6 is 0 Å². The van der Waals surface area contributed by atoms with Crippen molar-refractivity contribution in [3.63, 3.8) is 0 Å². The fourth-order valence-corrected chi connectivity index (χ4v) is 3.82. The van der Waals surface area contributed by atoms with Crippen molar-refractivity contribution in [3.8, 4) is 0 Å². The highest BCUT2D eigenvalue weighted by Crippen LogP contribution is 2.40. The second kappa shape index (κ2) is 7.10. The second-order valence-electron chi connectivity index (χ2n) is 7.00. The van der Waals surface area contributed by atoms with Gasteiger partial charge in [-0.3, -0.25) is 4.79 Å². The van der Waals surface area contributed by atoms with Crippen molar-refractivity contribution >= 4 is 5.97 Å². The first-order chi connectivity index (χ1) is 10.0. The molecule has 4 atom stereocenters. The molecule has 4 unspecified atom stereocenters. The van der Waals surface area contributed by atoms with E-state index in [1.54, 1.807) is 0 Å². The zero-order valence-corrected chi connectivity index (χ0v) is 14.2. The zero-order valence-electron chi connectivity index (χ0n) is 14.2. The van der Waals surface area contributed by atoms with E-state index in [4.69, 9.17) is 4.74 Å². The Bertz CT molecular complexity index is 357. The molecule has 21 heavy (non-hydrogen) atoms. The molecule has 4 heteroatoms. The lowest BCUT2D eigenvalue weighted by atomic mass is 9.78. The third-order valence-corrected chi connectivity index (χ3v) is 5.33. The van der Waals surface area contributed by atoms with Gasteiger partial charge in [0.25, 0.3) is 0 Å². The number of ether oxygens (including phenoxy) is 1. The number of rotatable bonds is 7. The molecular formula is C17H32N2O2. The van der Waals surface area contributed by atoms with Gasteiger partial charge >= 0.3 is 5.97 Å². The summed E-state index contributed by atoms with van der Waals surface area (Å²) >= 11 is 0. The van der Waals surface area contributed by atoms with Crippen molar-refractivity contribution in [3.05, 3.63) is 0 Å². The van der Waals surface area contributed by atoms with Crippen LogP contribution in [0.15, 0.2) is 0 Å². The minimum absolute atomic E-state index is 0.0512. The van der Waals surface area contributed by atoms with Gasteiger partial charge in [-0.2, -0.15) is 0 Å². The van der Waals surface area contributed by atoms with E-state index in [9.17, 15) is 4.79 Å². The first kappa shape index (κ1) is 16.8. The van der Waals surface area contributed by atoms with E-state index in [-0.39, 0.29) is 5.97 Å². The number of carbonyl (C=O) groups excluding carboxylic acids is 1. The van der Waals surface area contributed by atoms with Crippen LogP contribution in [0.2, 0.25) is 0 Å². The Morgan fingerprint density at radius 2 is 2.14 bits per heavy atom. The summed E-state index contributed by atoms with van der Waals surface area (Å²) in [6, 6.07) is 0.495. The number of nitrogens with one attached hydrogen (secondary N) is 1. The van der Waals surface area contributed by atoms with Crippen molar-refractivity contribution in [2.24, 2.45) is 11.8 Å². The number of hydrogen-bond donors (Lipinski definition) is 1. The third kappa shape index (κ3) is 3.98. The Kier molecular flexibility index (Phi) is 5.67. The Hall–Kier alpha value is -0.610. The summed E-state index contributed by atoms with van der Waals surface area (Å²) < 4.78 is 5.36. The maximum absolute atomic E-state index is 12.5. The minimum atomic E-state index is -0.461. The highest BCUT2D eigenvalue weighted by molar-refractivity contribution is 5.81. The van der Waals surface area contributed by atoms with Crippen molar-refractivity contribution in [2.75, 3.05) is 26.7 Å². The van der Waals surface area contributed by atoms with Gasteiger partial charge in [0.05, 0.1) is 6.61 Å². The van der Waals surface area contributed by atoms with Gasteiger partial charge in [-0.1, -0.05) is 13.8 Å². The minimum Gasteiger partial charge on any atom is -0.465 e. The zero-order chi connectivity index (χ0) is 15.5. The van der Waals surface area contributed by atoms with Gasteiger partial charge in [0, 0.05) is 12.6 Å². The van der Waals surface area contributed by atoms with Gasteiger partial charge in [0.1, 0.15) is 5.54 Å². The van der Waals surface area contributed by atoms with E-state index in [1.807, 2.05) is 6.92 Å². The number of nitrogens with zero attached hydrogens (tertiary/aromatic N) is 1. The molecule has 0 amide bonds. The van der Waals surface area contributed by atoms with Gasteiger partial charge in [-0.25, -0.2) is 0 Å². The summed E-state index contributed by atoms with van der Waals surface area (Å²) in [5.41, 5.74) is -0.461. The number of esters is 1. The monoisotopic (exact) mass is 296 g/mol. The predicted molar refractivity (Wildman–Crippen MR) is 85.2 cm³/mol. The highest BCUT2D eigenvalue weighted by atomic mass is 16.5.